The maximum Gasteiger partial charge on any atom is 0.350 e. The Morgan fingerprint density at radius 1 is 1.22 bits per heavy atom. The molecule has 0 aliphatic heterocycles. The van der Waals surface area contributed by atoms with Crippen LogP contribution >= 0.6 is 0 Å². The molecule has 2 N–H and O–H groups in total. The number of carbonyl (C=O) groups is 1. The average Bonchev–Trinajstić information content (AvgIpc) is 3.16. The summed E-state index contributed by atoms with van der Waals surface area (Å²) < 4.78 is 23.7. The molecule has 1 aliphatic carbocycles. The van der Waals surface area contributed by atoms with E-state index in [1.54, 1.807) is 0 Å². The van der Waals surface area contributed by atoms with Crippen molar-refractivity contribution in [1.29, 1.82) is 0 Å². The molecular weight excluding hydrogens is 463 g/mol. The number of hydrogen-bond donors (Lipinski definition) is 2. The van der Waals surface area contributed by atoms with Crippen LogP contribution in [0.3, 0.4) is 0 Å². The molecule has 1 heterocycles. The highest BCUT2D eigenvalue weighted by molar-refractivity contribution is 6.07. The van der Waals surface area contributed by atoms with Gasteiger partial charge in [0.25, 0.3) is 5.91 Å². The Morgan fingerprint density at radius 3 is 2.50 bits per heavy atom. The van der Waals surface area contributed by atoms with Gasteiger partial charge in [-0.3, -0.25) is 9.36 Å². The lowest BCUT2D eigenvalue weighted by Crippen LogP contribution is -2.28. The number of nitrogens with zero attached hydrogens (tertiary/aromatic N) is 3. The van der Waals surface area contributed by atoms with Gasteiger partial charge in [0, 0.05) is 18.8 Å². The Kier molecular flexibility index (Phi) is 7.59. The fourth-order valence-electron chi connectivity index (χ4n) is 4.84. The monoisotopic (exact) mass is 496 g/mol. The van der Waals surface area contributed by atoms with Gasteiger partial charge in [-0.25, -0.2) is 9.18 Å². The van der Waals surface area contributed by atoms with Crippen molar-refractivity contribution in [2.24, 2.45) is 13.0 Å². The molecule has 1 amide bonds. The van der Waals surface area contributed by atoms with Gasteiger partial charge in [0.05, 0.1) is 11.7 Å². The number of anilines is 1. The number of nitrogens with one attached hydrogen (secondary N) is 1. The molecule has 0 spiro atoms. The van der Waals surface area contributed by atoms with E-state index < -0.39 is 24.0 Å². The molecule has 1 fully saturated rings. The number of para-hydroxylation sites is 1. The predicted octanol–water partition coefficient (Wildman–Crippen LogP) is 4.42. The normalized spacial score (nSPS) is 15.1. The van der Waals surface area contributed by atoms with Crippen LogP contribution in [0.2, 0.25) is 0 Å². The van der Waals surface area contributed by atoms with Crippen molar-refractivity contribution in [1.82, 2.24) is 14.3 Å². The van der Waals surface area contributed by atoms with E-state index in [1.165, 1.54) is 19.5 Å². The van der Waals surface area contributed by atoms with Gasteiger partial charge in [-0.15, -0.1) is 5.10 Å². The van der Waals surface area contributed by atoms with Crippen molar-refractivity contribution in [3.8, 4) is 11.4 Å². The second kappa shape index (κ2) is 10.7. The molecule has 1 atom stereocenters. The van der Waals surface area contributed by atoms with Crippen molar-refractivity contribution < 1.29 is 19.0 Å². The van der Waals surface area contributed by atoms with Crippen molar-refractivity contribution in [2.75, 3.05) is 5.32 Å². The lowest BCUT2D eigenvalue weighted by Gasteiger charge is -2.29. The molecule has 0 saturated heterocycles. The van der Waals surface area contributed by atoms with Gasteiger partial charge in [0.15, 0.2) is 5.82 Å². The second-order valence-corrected chi connectivity index (χ2v) is 9.57. The number of aliphatic hydroxyl groups excluding tert-OH is 1. The Hall–Kier alpha value is -3.46. The zero-order chi connectivity index (χ0) is 26.0. The third-order valence-corrected chi connectivity index (χ3v) is 7.08. The number of rotatable bonds is 7. The predicted molar refractivity (Wildman–Crippen MR) is 135 cm³/mol. The molecule has 4 rings (SSSR count). The number of aliphatic hydroxyl groups is 1. The number of carbonyl (C=O) groups excluding carboxylic acids is 1. The minimum atomic E-state index is -0.802. The number of halogens is 1. The van der Waals surface area contributed by atoms with Gasteiger partial charge in [-0.05, 0) is 56.7 Å². The summed E-state index contributed by atoms with van der Waals surface area (Å²) in [5.74, 6) is -0.719. The molecule has 36 heavy (non-hydrogen) atoms. The summed E-state index contributed by atoms with van der Waals surface area (Å²) in [6.45, 7) is 5.27. The smallest absolute Gasteiger partial charge is 0.350 e. The molecule has 1 unspecified atom stereocenters. The van der Waals surface area contributed by atoms with E-state index in [1.807, 2.05) is 39.0 Å². The quantitative estimate of drug-likeness (QED) is 0.505. The summed E-state index contributed by atoms with van der Waals surface area (Å²) in [5.41, 5.74) is 1.70. The zero-order valence-electron chi connectivity index (χ0n) is 21.2. The molecule has 0 bridgehead atoms. The average molecular weight is 497 g/mol. The minimum absolute atomic E-state index is 0.0351. The summed E-state index contributed by atoms with van der Waals surface area (Å²) in [5, 5.41) is 16.4. The van der Waals surface area contributed by atoms with Crippen LogP contribution in [0.5, 0.6) is 5.75 Å². The fraction of sp³-hybridized carbons (Fsp3) is 0.444. The molecule has 3 aromatic rings. The third-order valence-electron chi connectivity index (χ3n) is 7.08. The van der Waals surface area contributed by atoms with Crippen LogP contribution in [0.15, 0.2) is 35.1 Å². The number of ether oxygens (including phenoxy) is 1. The fourth-order valence-corrected chi connectivity index (χ4v) is 4.84. The Bertz CT molecular complexity index is 1300. The summed E-state index contributed by atoms with van der Waals surface area (Å²) in [4.78, 5) is 26.1. The number of hydrogen-bond acceptors (Lipinski definition) is 5. The first-order chi connectivity index (χ1) is 17.2. The highest BCUT2D eigenvalue weighted by Gasteiger charge is 2.26. The van der Waals surface area contributed by atoms with E-state index >= 15 is 4.39 Å². The first-order valence-corrected chi connectivity index (χ1v) is 12.3. The number of aromatic nitrogens is 3. The zero-order valence-corrected chi connectivity index (χ0v) is 21.2. The van der Waals surface area contributed by atoms with E-state index in [4.69, 9.17) is 4.74 Å². The van der Waals surface area contributed by atoms with Crippen LogP contribution in [-0.4, -0.2) is 31.5 Å². The van der Waals surface area contributed by atoms with Crippen LogP contribution in [0.25, 0.3) is 5.69 Å². The Balaban J connectivity index is 1.77. The van der Waals surface area contributed by atoms with Crippen LogP contribution in [0.1, 0.15) is 66.3 Å². The summed E-state index contributed by atoms with van der Waals surface area (Å²) in [7, 11) is 1.45. The van der Waals surface area contributed by atoms with E-state index in [9.17, 15) is 14.7 Å². The SMILES string of the molecule is Cc1cccc(C)c1NC(=O)c1cc(F)c(-n2nc(CO)n(C)c2=O)cc1OC(C)C1CCCCC1. The van der Waals surface area contributed by atoms with Crippen LogP contribution < -0.4 is 15.7 Å². The maximum absolute atomic E-state index is 15.4. The molecule has 1 saturated carbocycles. The summed E-state index contributed by atoms with van der Waals surface area (Å²) >= 11 is 0. The minimum Gasteiger partial charge on any atom is -0.490 e. The lowest BCUT2D eigenvalue weighted by molar-refractivity contribution is 0.0997. The third kappa shape index (κ3) is 5.06. The molecule has 1 aromatic heterocycles. The molecule has 8 nitrogen and oxygen atoms in total. The van der Waals surface area contributed by atoms with Crippen LogP contribution in [0.4, 0.5) is 10.1 Å². The van der Waals surface area contributed by atoms with Crippen molar-refractivity contribution >= 4 is 11.6 Å². The van der Waals surface area contributed by atoms with Gasteiger partial charge >= 0.3 is 5.69 Å². The molecule has 9 heteroatoms. The van der Waals surface area contributed by atoms with Gasteiger partial charge in [-0.1, -0.05) is 37.5 Å². The van der Waals surface area contributed by atoms with E-state index in [0.29, 0.717) is 11.6 Å². The topological polar surface area (TPSA) is 98.4 Å². The molecule has 0 radical (unpaired) electrons. The lowest BCUT2D eigenvalue weighted by atomic mass is 9.86. The maximum atomic E-state index is 15.4. The molecule has 1 aliphatic rings. The van der Waals surface area contributed by atoms with Gasteiger partial charge < -0.3 is 15.2 Å². The standard InChI is InChI=1S/C27H33FN4O4/c1-16-9-8-10-17(2)25(16)29-26(34)20-13-21(28)22(32-27(35)31(4)24(15-33)30-32)14-23(20)36-18(3)19-11-6-5-7-12-19/h8-10,13-14,18-19,33H,5-7,11-12,15H2,1-4H3,(H,29,34). The number of aryl methyl sites for hydroxylation is 2. The van der Waals surface area contributed by atoms with Crippen molar-refractivity contribution in [2.45, 2.75) is 65.6 Å². The van der Waals surface area contributed by atoms with Crippen LogP contribution in [-0.2, 0) is 13.7 Å². The van der Waals surface area contributed by atoms with E-state index in [2.05, 4.69) is 10.4 Å². The summed E-state index contributed by atoms with van der Waals surface area (Å²) in [6, 6.07) is 8.12. The highest BCUT2D eigenvalue weighted by atomic mass is 19.1. The van der Waals surface area contributed by atoms with Crippen LogP contribution in [0, 0.1) is 25.6 Å². The van der Waals surface area contributed by atoms with E-state index in [0.717, 1.165) is 52.1 Å². The van der Waals surface area contributed by atoms with E-state index in [-0.39, 0.29) is 28.9 Å². The van der Waals surface area contributed by atoms with Gasteiger partial charge in [0.1, 0.15) is 23.9 Å². The van der Waals surface area contributed by atoms with Crippen molar-refractivity contribution in [3.63, 3.8) is 0 Å². The number of amides is 1. The Morgan fingerprint density at radius 2 is 1.89 bits per heavy atom. The molecule has 192 valence electrons. The first-order valence-electron chi connectivity index (χ1n) is 12.3. The van der Waals surface area contributed by atoms with Gasteiger partial charge in [-0.2, -0.15) is 4.68 Å². The number of benzene rings is 2. The molecule has 2 aromatic carbocycles. The van der Waals surface area contributed by atoms with Crippen molar-refractivity contribution in [3.05, 3.63) is 69.1 Å². The summed E-state index contributed by atoms with van der Waals surface area (Å²) in [6.07, 6.45) is 5.30. The Labute approximate surface area is 209 Å². The second-order valence-electron chi connectivity index (χ2n) is 9.57. The largest absolute Gasteiger partial charge is 0.490 e. The molecular formula is C27H33FN4O4. The highest BCUT2D eigenvalue weighted by Crippen LogP contribution is 2.32. The van der Waals surface area contributed by atoms with Gasteiger partial charge in [0.2, 0.25) is 0 Å². The first kappa shape index (κ1) is 25.6.